The van der Waals surface area contributed by atoms with Crippen LogP contribution in [0.25, 0.3) is 21.8 Å². The fraction of sp³-hybridized carbons (Fsp3) is 0.0714. The number of hydrogen-bond acceptors (Lipinski definition) is 4. The van der Waals surface area contributed by atoms with Crippen molar-refractivity contribution in [3.8, 4) is 21.8 Å². The van der Waals surface area contributed by atoms with Gasteiger partial charge in [-0.2, -0.15) is 0 Å². The highest BCUT2D eigenvalue weighted by atomic mass is 35.5. The van der Waals surface area contributed by atoms with Gasteiger partial charge in [0.25, 0.3) is 0 Å². The largest absolute Gasteiger partial charge is 0.380 e. The standard InChI is InChI=1S/C14H10Cl2N2OS/c1-7-5-6-10(20-7)13-12(14(17)18-19-13)11-8(15)3-2-4-9(11)16/h2-6H,1H3,(H2,17,18). The van der Waals surface area contributed by atoms with Crippen molar-refractivity contribution < 1.29 is 4.52 Å². The van der Waals surface area contributed by atoms with Gasteiger partial charge < -0.3 is 10.3 Å². The fourth-order valence-electron chi connectivity index (χ4n) is 2.01. The molecule has 0 unspecified atom stereocenters. The summed E-state index contributed by atoms with van der Waals surface area (Å²) in [7, 11) is 0. The Labute approximate surface area is 129 Å². The first-order valence-corrected chi connectivity index (χ1v) is 7.41. The van der Waals surface area contributed by atoms with Gasteiger partial charge in [0.05, 0.1) is 20.5 Å². The van der Waals surface area contributed by atoms with Crippen molar-refractivity contribution in [3.05, 3.63) is 45.3 Å². The molecule has 20 heavy (non-hydrogen) atoms. The monoisotopic (exact) mass is 324 g/mol. The molecule has 2 heterocycles. The van der Waals surface area contributed by atoms with Crippen LogP contribution in [0, 0.1) is 6.92 Å². The van der Waals surface area contributed by atoms with Gasteiger partial charge in [-0.1, -0.05) is 34.4 Å². The second kappa shape index (κ2) is 5.13. The van der Waals surface area contributed by atoms with Crippen LogP contribution >= 0.6 is 34.5 Å². The van der Waals surface area contributed by atoms with Gasteiger partial charge in [0.15, 0.2) is 11.6 Å². The third-order valence-corrected chi connectivity index (χ3v) is 4.52. The van der Waals surface area contributed by atoms with Crippen LogP contribution in [0.4, 0.5) is 5.82 Å². The van der Waals surface area contributed by atoms with E-state index in [4.69, 9.17) is 33.5 Å². The molecule has 0 fully saturated rings. The Bertz CT molecular complexity index is 759. The minimum absolute atomic E-state index is 0.279. The predicted molar refractivity (Wildman–Crippen MR) is 84.4 cm³/mol. The normalized spacial score (nSPS) is 10.9. The molecule has 3 nitrogen and oxygen atoms in total. The third kappa shape index (κ3) is 2.20. The summed E-state index contributed by atoms with van der Waals surface area (Å²) in [5.41, 5.74) is 7.23. The van der Waals surface area contributed by atoms with Crippen molar-refractivity contribution in [2.45, 2.75) is 6.92 Å². The minimum Gasteiger partial charge on any atom is -0.380 e. The van der Waals surface area contributed by atoms with E-state index in [2.05, 4.69) is 5.16 Å². The van der Waals surface area contributed by atoms with Gasteiger partial charge in [-0.3, -0.25) is 0 Å². The maximum absolute atomic E-state index is 6.25. The number of nitrogens with zero attached hydrogens (tertiary/aromatic N) is 1. The summed E-state index contributed by atoms with van der Waals surface area (Å²) in [5.74, 6) is 0.872. The summed E-state index contributed by atoms with van der Waals surface area (Å²) in [6.07, 6.45) is 0. The zero-order chi connectivity index (χ0) is 14.3. The van der Waals surface area contributed by atoms with Crippen molar-refractivity contribution >= 4 is 40.4 Å². The van der Waals surface area contributed by atoms with E-state index in [1.807, 2.05) is 19.1 Å². The maximum Gasteiger partial charge on any atom is 0.186 e. The zero-order valence-corrected chi connectivity index (χ0v) is 12.8. The van der Waals surface area contributed by atoms with Gasteiger partial charge in [-0.25, -0.2) is 0 Å². The number of nitrogens with two attached hydrogens (primary N) is 1. The molecule has 2 aromatic heterocycles. The van der Waals surface area contributed by atoms with Gasteiger partial charge >= 0.3 is 0 Å². The average Bonchev–Trinajstić information content (AvgIpc) is 2.97. The molecule has 3 aromatic rings. The molecule has 0 aliphatic rings. The van der Waals surface area contributed by atoms with Crippen molar-refractivity contribution in [2.24, 2.45) is 0 Å². The fourth-order valence-corrected chi connectivity index (χ4v) is 3.44. The molecular weight excluding hydrogens is 315 g/mol. The van der Waals surface area contributed by atoms with Crippen molar-refractivity contribution in [1.82, 2.24) is 5.16 Å². The molecular formula is C14H10Cl2N2OS. The van der Waals surface area contributed by atoms with Crippen molar-refractivity contribution in [3.63, 3.8) is 0 Å². The number of aromatic nitrogens is 1. The van der Waals surface area contributed by atoms with E-state index in [-0.39, 0.29) is 5.82 Å². The van der Waals surface area contributed by atoms with Crippen LogP contribution in [-0.4, -0.2) is 5.16 Å². The topological polar surface area (TPSA) is 52.0 Å². The lowest BCUT2D eigenvalue weighted by molar-refractivity contribution is 0.437. The second-order valence-electron chi connectivity index (χ2n) is 4.28. The lowest BCUT2D eigenvalue weighted by Gasteiger charge is -2.06. The summed E-state index contributed by atoms with van der Waals surface area (Å²) in [5, 5.41) is 4.88. The number of anilines is 1. The molecule has 0 amide bonds. The van der Waals surface area contributed by atoms with Crippen LogP contribution in [0.3, 0.4) is 0 Å². The first-order valence-electron chi connectivity index (χ1n) is 5.84. The number of nitrogen functional groups attached to an aromatic ring is 1. The van der Waals surface area contributed by atoms with E-state index in [0.717, 1.165) is 4.88 Å². The van der Waals surface area contributed by atoms with Gasteiger partial charge in [0.2, 0.25) is 0 Å². The first-order chi connectivity index (χ1) is 9.58. The SMILES string of the molecule is Cc1ccc(-c2onc(N)c2-c2c(Cl)cccc2Cl)s1. The molecule has 0 saturated heterocycles. The maximum atomic E-state index is 6.25. The van der Waals surface area contributed by atoms with Gasteiger partial charge in [-0.05, 0) is 31.2 Å². The van der Waals surface area contributed by atoms with E-state index in [0.29, 0.717) is 26.9 Å². The molecule has 2 N–H and O–H groups in total. The number of halogens is 2. The molecule has 0 atom stereocenters. The number of hydrogen-bond donors (Lipinski definition) is 1. The van der Waals surface area contributed by atoms with E-state index in [1.54, 1.807) is 29.5 Å². The molecule has 0 aliphatic heterocycles. The van der Waals surface area contributed by atoms with Crippen LogP contribution < -0.4 is 5.73 Å². The number of aryl methyl sites for hydroxylation is 1. The molecule has 0 aliphatic carbocycles. The van der Waals surface area contributed by atoms with Crippen LogP contribution in [0.1, 0.15) is 4.88 Å². The molecule has 0 radical (unpaired) electrons. The van der Waals surface area contributed by atoms with Crippen LogP contribution in [0.5, 0.6) is 0 Å². The molecule has 6 heteroatoms. The molecule has 1 aromatic carbocycles. The molecule has 102 valence electrons. The Kier molecular flexibility index (Phi) is 3.46. The number of benzene rings is 1. The van der Waals surface area contributed by atoms with Crippen LogP contribution in [0.2, 0.25) is 10.0 Å². The lowest BCUT2D eigenvalue weighted by Crippen LogP contribution is -1.90. The summed E-state index contributed by atoms with van der Waals surface area (Å²) in [4.78, 5) is 2.11. The Balaban J connectivity index is 2.27. The Morgan fingerprint density at radius 3 is 2.40 bits per heavy atom. The third-order valence-electron chi connectivity index (χ3n) is 2.90. The van der Waals surface area contributed by atoms with Crippen LogP contribution in [-0.2, 0) is 0 Å². The van der Waals surface area contributed by atoms with Crippen LogP contribution in [0.15, 0.2) is 34.9 Å². The van der Waals surface area contributed by atoms with Gasteiger partial charge in [0.1, 0.15) is 0 Å². The van der Waals surface area contributed by atoms with E-state index >= 15 is 0 Å². The van der Waals surface area contributed by atoms with Crippen molar-refractivity contribution in [2.75, 3.05) is 5.73 Å². The van der Waals surface area contributed by atoms with E-state index < -0.39 is 0 Å². The average molecular weight is 325 g/mol. The molecule has 0 spiro atoms. The first kappa shape index (κ1) is 13.5. The highest BCUT2D eigenvalue weighted by Gasteiger charge is 2.22. The highest BCUT2D eigenvalue weighted by molar-refractivity contribution is 7.15. The lowest BCUT2D eigenvalue weighted by atomic mass is 10.0. The highest BCUT2D eigenvalue weighted by Crippen LogP contribution is 2.44. The van der Waals surface area contributed by atoms with Gasteiger partial charge in [0, 0.05) is 10.4 Å². The minimum atomic E-state index is 0.279. The summed E-state index contributed by atoms with van der Waals surface area (Å²) in [6, 6.07) is 9.29. The molecule has 0 saturated carbocycles. The molecule has 0 bridgehead atoms. The van der Waals surface area contributed by atoms with E-state index in [9.17, 15) is 0 Å². The Morgan fingerprint density at radius 1 is 1.10 bits per heavy atom. The zero-order valence-electron chi connectivity index (χ0n) is 10.5. The molecule has 3 rings (SSSR count). The number of rotatable bonds is 2. The summed E-state index contributed by atoms with van der Waals surface area (Å²) >= 11 is 14.1. The van der Waals surface area contributed by atoms with Gasteiger partial charge in [-0.15, -0.1) is 11.3 Å². The second-order valence-corrected chi connectivity index (χ2v) is 6.38. The predicted octanol–water partition coefficient (Wildman–Crippen LogP) is 5.27. The van der Waals surface area contributed by atoms with E-state index in [1.165, 1.54) is 4.88 Å². The number of thiophene rings is 1. The summed E-state index contributed by atoms with van der Waals surface area (Å²) < 4.78 is 5.38. The van der Waals surface area contributed by atoms with Crippen molar-refractivity contribution in [1.29, 1.82) is 0 Å². The quantitative estimate of drug-likeness (QED) is 0.698. The smallest absolute Gasteiger partial charge is 0.186 e. The Hall–Kier alpha value is -1.49. The Morgan fingerprint density at radius 2 is 1.80 bits per heavy atom. The summed E-state index contributed by atoms with van der Waals surface area (Å²) in [6.45, 7) is 2.02.